The highest BCUT2D eigenvalue weighted by Crippen LogP contribution is 2.33. The van der Waals surface area contributed by atoms with Crippen LogP contribution < -0.4 is 10.6 Å². The number of fused-ring (bicyclic) bond motifs is 1. The Labute approximate surface area is 155 Å². The molecule has 1 fully saturated rings. The summed E-state index contributed by atoms with van der Waals surface area (Å²) in [5.41, 5.74) is 8.84. The molecule has 0 aliphatic carbocycles. The van der Waals surface area contributed by atoms with Gasteiger partial charge in [-0.05, 0) is 31.5 Å². The van der Waals surface area contributed by atoms with Crippen LogP contribution in [0, 0.1) is 0 Å². The minimum atomic E-state index is -0.179. The van der Waals surface area contributed by atoms with Gasteiger partial charge in [0.15, 0.2) is 5.65 Å². The van der Waals surface area contributed by atoms with Gasteiger partial charge in [-0.1, -0.05) is 35.3 Å². The predicted octanol–water partition coefficient (Wildman–Crippen LogP) is 3.93. The normalized spacial score (nSPS) is 20.4. The average molecular weight is 374 g/mol. The fourth-order valence-corrected chi connectivity index (χ4v) is 3.48. The van der Waals surface area contributed by atoms with Crippen molar-refractivity contribution in [1.82, 2.24) is 15.0 Å². The van der Waals surface area contributed by atoms with Crippen LogP contribution in [0.5, 0.6) is 0 Å². The van der Waals surface area contributed by atoms with E-state index in [-0.39, 0.29) is 5.54 Å². The largest absolute Gasteiger partial charge is 0.353 e. The van der Waals surface area contributed by atoms with Gasteiger partial charge in [0.1, 0.15) is 11.3 Å². The van der Waals surface area contributed by atoms with E-state index in [4.69, 9.17) is 28.9 Å². The molecule has 128 valence electrons. The topological polar surface area (TPSA) is 67.9 Å². The maximum Gasteiger partial charge on any atom is 0.178 e. The zero-order chi connectivity index (χ0) is 17.6. The van der Waals surface area contributed by atoms with Gasteiger partial charge in [0.05, 0.1) is 21.9 Å². The number of aromatic nitrogens is 3. The second-order valence-corrected chi connectivity index (χ2v) is 7.48. The fraction of sp³-hybridized carbons (Fsp3) is 0.278. The van der Waals surface area contributed by atoms with Gasteiger partial charge in [0, 0.05) is 24.2 Å². The molecule has 3 heterocycles. The van der Waals surface area contributed by atoms with Gasteiger partial charge < -0.3 is 10.6 Å². The number of halogens is 2. The standard InChI is InChI=1S/C18H17Cl2N5/c1-18(21)7-8-25(10-18)15-9-22-17-14(23-15)6-5-13(24-17)11-3-2-4-12(19)16(11)20/h2-6,9H,7-8,10,21H2,1H3/t18-/m1/s1. The molecule has 3 aromatic rings. The Morgan fingerprint density at radius 2 is 2.00 bits per heavy atom. The first-order chi connectivity index (χ1) is 11.9. The zero-order valence-electron chi connectivity index (χ0n) is 13.7. The molecule has 0 spiro atoms. The van der Waals surface area contributed by atoms with Crippen molar-refractivity contribution in [2.75, 3.05) is 18.0 Å². The number of hydrogen-bond acceptors (Lipinski definition) is 5. The number of nitrogens with zero attached hydrogens (tertiary/aromatic N) is 4. The molecule has 0 bridgehead atoms. The summed E-state index contributed by atoms with van der Waals surface area (Å²) in [5, 5.41) is 0.987. The van der Waals surface area contributed by atoms with Gasteiger partial charge in [-0.25, -0.2) is 15.0 Å². The van der Waals surface area contributed by atoms with Crippen LogP contribution in [0.2, 0.25) is 10.0 Å². The number of pyridine rings is 1. The zero-order valence-corrected chi connectivity index (χ0v) is 15.2. The Morgan fingerprint density at radius 3 is 2.76 bits per heavy atom. The van der Waals surface area contributed by atoms with Crippen LogP contribution in [0.4, 0.5) is 5.82 Å². The summed E-state index contributed by atoms with van der Waals surface area (Å²) in [5.74, 6) is 0.831. The molecule has 7 heteroatoms. The van der Waals surface area contributed by atoms with E-state index in [1.165, 1.54) is 0 Å². The summed E-state index contributed by atoms with van der Waals surface area (Å²) in [4.78, 5) is 15.9. The Balaban J connectivity index is 1.71. The van der Waals surface area contributed by atoms with Crippen molar-refractivity contribution >= 4 is 40.2 Å². The van der Waals surface area contributed by atoms with Crippen molar-refractivity contribution in [3.63, 3.8) is 0 Å². The van der Waals surface area contributed by atoms with E-state index < -0.39 is 0 Å². The van der Waals surface area contributed by atoms with Crippen molar-refractivity contribution in [2.24, 2.45) is 5.73 Å². The van der Waals surface area contributed by atoms with Crippen molar-refractivity contribution in [1.29, 1.82) is 0 Å². The molecule has 1 aliphatic rings. The highest BCUT2D eigenvalue weighted by molar-refractivity contribution is 6.43. The van der Waals surface area contributed by atoms with Gasteiger partial charge in [-0.15, -0.1) is 0 Å². The van der Waals surface area contributed by atoms with Crippen LogP contribution in [0.3, 0.4) is 0 Å². The van der Waals surface area contributed by atoms with Gasteiger partial charge in [0.2, 0.25) is 0 Å². The van der Waals surface area contributed by atoms with Crippen LogP contribution in [0.1, 0.15) is 13.3 Å². The minimum absolute atomic E-state index is 0.179. The summed E-state index contributed by atoms with van der Waals surface area (Å²) in [7, 11) is 0. The summed E-state index contributed by atoms with van der Waals surface area (Å²) in [6.45, 7) is 3.72. The molecule has 2 aromatic heterocycles. The van der Waals surface area contributed by atoms with Crippen molar-refractivity contribution in [3.05, 3.63) is 46.6 Å². The fourth-order valence-electron chi connectivity index (χ4n) is 3.08. The minimum Gasteiger partial charge on any atom is -0.353 e. The Hall–Kier alpha value is -1.95. The first-order valence-corrected chi connectivity index (χ1v) is 8.81. The van der Waals surface area contributed by atoms with E-state index >= 15 is 0 Å². The highest BCUT2D eigenvalue weighted by Gasteiger charge is 2.30. The third kappa shape index (κ3) is 3.15. The summed E-state index contributed by atoms with van der Waals surface area (Å²) >= 11 is 12.4. The van der Waals surface area contributed by atoms with Crippen LogP contribution in [-0.4, -0.2) is 33.6 Å². The van der Waals surface area contributed by atoms with Crippen molar-refractivity contribution < 1.29 is 0 Å². The number of nitrogens with two attached hydrogens (primary N) is 1. The molecule has 4 rings (SSSR count). The molecule has 0 unspecified atom stereocenters. The lowest BCUT2D eigenvalue weighted by Crippen LogP contribution is -2.39. The summed E-state index contributed by atoms with van der Waals surface area (Å²) in [6.07, 6.45) is 2.69. The van der Waals surface area contributed by atoms with Crippen LogP contribution in [0.25, 0.3) is 22.4 Å². The lowest BCUT2D eigenvalue weighted by Gasteiger charge is -2.20. The lowest BCUT2D eigenvalue weighted by molar-refractivity contribution is 0.524. The van der Waals surface area contributed by atoms with Crippen LogP contribution in [0.15, 0.2) is 36.5 Å². The molecule has 25 heavy (non-hydrogen) atoms. The molecular formula is C18H17Cl2N5. The molecule has 5 nitrogen and oxygen atoms in total. The Kier molecular flexibility index (Phi) is 4.02. The predicted molar refractivity (Wildman–Crippen MR) is 102 cm³/mol. The van der Waals surface area contributed by atoms with Crippen molar-refractivity contribution in [2.45, 2.75) is 18.9 Å². The molecule has 0 radical (unpaired) electrons. The molecule has 1 atom stereocenters. The van der Waals surface area contributed by atoms with E-state index in [1.54, 1.807) is 12.3 Å². The van der Waals surface area contributed by atoms with E-state index in [0.717, 1.165) is 42.1 Å². The van der Waals surface area contributed by atoms with Gasteiger partial charge in [0.25, 0.3) is 0 Å². The summed E-state index contributed by atoms with van der Waals surface area (Å²) in [6, 6.07) is 9.28. The first-order valence-electron chi connectivity index (χ1n) is 8.05. The van der Waals surface area contributed by atoms with E-state index in [1.807, 2.05) is 24.3 Å². The second kappa shape index (κ2) is 6.09. The number of rotatable bonds is 2. The molecule has 1 saturated heterocycles. The van der Waals surface area contributed by atoms with E-state index in [0.29, 0.717) is 15.7 Å². The molecule has 0 amide bonds. The summed E-state index contributed by atoms with van der Waals surface area (Å²) < 4.78 is 0. The van der Waals surface area contributed by atoms with Gasteiger partial charge in [-0.3, -0.25) is 0 Å². The van der Waals surface area contributed by atoms with Crippen LogP contribution in [-0.2, 0) is 0 Å². The molecule has 1 aromatic carbocycles. The lowest BCUT2D eigenvalue weighted by atomic mass is 10.0. The molecule has 0 saturated carbocycles. The third-order valence-electron chi connectivity index (χ3n) is 4.45. The maximum atomic E-state index is 6.29. The quantitative estimate of drug-likeness (QED) is 0.736. The number of benzene rings is 1. The monoisotopic (exact) mass is 373 g/mol. The second-order valence-electron chi connectivity index (χ2n) is 6.69. The SMILES string of the molecule is C[C@@]1(N)CCN(c2cnc3nc(-c4cccc(Cl)c4Cl)ccc3n2)C1. The average Bonchev–Trinajstić information content (AvgIpc) is 2.96. The van der Waals surface area contributed by atoms with Gasteiger partial charge >= 0.3 is 0 Å². The molecule has 2 N–H and O–H groups in total. The van der Waals surface area contributed by atoms with E-state index in [9.17, 15) is 0 Å². The number of anilines is 1. The third-order valence-corrected chi connectivity index (χ3v) is 5.27. The first kappa shape index (κ1) is 16.5. The molecule has 1 aliphatic heterocycles. The van der Waals surface area contributed by atoms with Gasteiger partial charge in [-0.2, -0.15) is 0 Å². The highest BCUT2D eigenvalue weighted by atomic mass is 35.5. The Bertz CT molecular complexity index is 957. The smallest absolute Gasteiger partial charge is 0.178 e. The number of hydrogen-bond donors (Lipinski definition) is 1. The maximum absolute atomic E-state index is 6.29. The molecular weight excluding hydrogens is 357 g/mol. The van der Waals surface area contributed by atoms with Crippen LogP contribution >= 0.6 is 23.2 Å². The van der Waals surface area contributed by atoms with E-state index in [2.05, 4.69) is 26.8 Å². The van der Waals surface area contributed by atoms with Crippen molar-refractivity contribution in [3.8, 4) is 11.3 Å². The Morgan fingerprint density at radius 1 is 1.16 bits per heavy atom.